The third kappa shape index (κ3) is 3.99. The molecule has 2 rings (SSSR count). The SMILES string of the molecule is Cc1ccc(C)c(OCC(=O)NC2CCCCC2C)c1. The van der Waals surface area contributed by atoms with Gasteiger partial charge in [-0.3, -0.25) is 4.79 Å². The Hall–Kier alpha value is -1.51. The molecule has 1 aromatic rings. The van der Waals surface area contributed by atoms with Gasteiger partial charge in [-0.15, -0.1) is 0 Å². The maximum atomic E-state index is 12.0. The Bertz CT molecular complexity index is 470. The van der Waals surface area contributed by atoms with Crippen LogP contribution in [0.3, 0.4) is 0 Å². The average Bonchev–Trinajstić information content (AvgIpc) is 2.42. The van der Waals surface area contributed by atoms with Gasteiger partial charge in [0.05, 0.1) is 0 Å². The molecule has 1 N–H and O–H groups in total. The second-order valence-electron chi connectivity index (χ2n) is 5.99. The van der Waals surface area contributed by atoms with Crippen molar-refractivity contribution in [3.8, 4) is 5.75 Å². The highest BCUT2D eigenvalue weighted by Crippen LogP contribution is 2.23. The number of carbonyl (C=O) groups is 1. The first-order valence-electron chi connectivity index (χ1n) is 7.55. The fraction of sp³-hybridized carbons (Fsp3) is 0.588. The van der Waals surface area contributed by atoms with Gasteiger partial charge in [-0.2, -0.15) is 0 Å². The molecule has 2 unspecified atom stereocenters. The van der Waals surface area contributed by atoms with Crippen molar-refractivity contribution in [3.63, 3.8) is 0 Å². The highest BCUT2D eigenvalue weighted by Gasteiger charge is 2.22. The number of benzene rings is 1. The third-order valence-electron chi connectivity index (χ3n) is 4.16. The highest BCUT2D eigenvalue weighted by molar-refractivity contribution is 5.77. The van der Waals surface area contributed by atoms with E-state index in [-0.39, 0.29) is 12.5 Å². The minimum atomic E-state index is -0.00958. The van der Waals surface area contributed by atoms with Crippen molar-refractivity contribution in [1.82, 2.24) is 5.32 Å². The standard InChI is InChI=1S/C17H25NO2/c1-12-8-9-14(3)16(10-12)20-11-17(19)18-15-7-5-4-6-13(15)2/h8-10,13,15H,4-7,11H2,1-3H3,(H,18,19). The molecule has 1 aliphatic carbocycles. The van der Waals surface area contributed by atoms with E-state index >= 15 is 0 Å². The van der Waals surface area contributed by atoms with Crippen LogP contribution in [0.5, 0.6) is 5.75 Å². The maximum Gasteiger partial charge on any atom is 0.258 e. The summed E-state index contributed by atoms with van der Waals surface area (Å²) in [6, 6.07) is 6.36. The van der Waals surface area contributed by atoms with Crippen molar-refractivity contribution >= 4 is 5.91 Å². The maximum absolute atomic E-state index is 12.0. The fourth-order valence-electron chi connectivity index (χ4n) is 2.79. The zero-order valence-electron chi connectivity index (χ0n) is 12.7. The molecule has 0 aliphatic heterocycles. The largest absolute Gasteiger partial charge is 0.483 e. The van der Waals surface area contributed by atoms with Crippen LogP contribution in [0, 0.1) is 19.8 Å². The third-order valence-corrected chi connectivity index (χ3v) is 4.16. The van der Waals surface area contributed by atoms with Crippen LogP contribution >= 0.6 is 0 Å². The Morgan fingerprint density at radius 1 is 1.30 bits per heavy atom. The molecule has 1 aliphatic rings. The number of aryl methyl sites for hydroxylation is 2. The lowest BCUT2D eigenvalue weighted by molar-refractivity contribution is -0.124. The number of hydrogen-bond acceptors (Lipinski definition) is 2. The molecule has 0 heterocycles. The zero-order valence-corrected chi connectivity index (χ0v) is 12.7. The van der Waals surface area contributed by atoms with Crippen molar-refractivity contribution < 1.29 is 9.53 Å². The molecule has 0 radical (unpaired) electrons. The minimum Gasteiger partial charge on any atom is -0.483 e. The van der Waals surface area contributed by atoms with E-state index in [1.165, 1.54) is 19.3 Å². The number of ether oxygens (including phenoxy) is 1. The van der Waals surface area contributed by atoms with Crippen LogP contribution < -0.4 is 10.1 Å². The molecule has 3 nitrogen and oxygen atoms in total. The Labute approximate surface area is 121 Å². The monoisotopic (exact) mass is 275 g/mol. The molecule has 2 atom stereocenters. The van der Waals surface area contributed by atoms with E-state index in [4.69, 9.17) is 4.74 Å². The van der Waals surface area contributed by atoms with Gasteiger partial charge < -0.3 is 10.1 Å². The summed E-state index contributed by atoms with van der Waals surface area (Å²) < 4.78 is 5.64. The van der Waals surface area contributed by atoms with E-state index in [0.717, 1.165) is 23.3 Å². The van der Waals surface area contributed by atoms with Gasteiger partial charge in [-0.25, -0.2) is 0 Å². The topological polar surface area (TPSA) is 38.3 Å². The summed E-state index contributed by atoms with van der Waals surface area (Å²) in [5.41, 5.74) is 2.21. The van der Waals surface area contributed by atoms with E-state index in [2.05, 4.69) is 12.2 Å². The van der Waals surface area contributed by atoms with Crippen molar-refractivity contribution in [2.75, 3.05) is 6.61 Å². The molecule has 3 heteroatoms. The molecule has 0 saturated heterocycles. The van der Waals surface area contributed by atoms with Crippen LogP contribution in [0.2, 0.25) is 0 Å². The van der Waals surface area contributed by atoms with Gasteiger partial charge in [0.1, 0.15) is 5.75 Å². The summed E-state index contributed by atoms with van der Waals surface area (Å²) in [5.74, 6) is 1.37. The van der Waals surface area contributed by atoms with E-state index in [1.807, 2.05) is 32.0 Å². The van der Waals surface area contributed by atoms with Gasteiger partial charge in [0.25, 0.3) is 5.91 Å². The number of carbonyl (C=O) groups excluding carboxylic acids is 1. The van der Waals surface area contributed by atoms with E-state index in [0.29, 0.717) is 12.0 Å². The first kappa shape index (κ1) is 14.9. The van der Waals surface area contributed by atoms with Crippen LogP contribution in [-0.2, 0) is 4.79 Å². The molecule has 0 bridgehead atoms. The van der Waals surface area contributed by atoms with Crippen molar-refractivity contribution in [2.24, 2.45) is 5.92 Å². The molecule has 110 valence electrons. The molecular weight excluding hydrogens is 250 g/mol. The highest BCUT2D eigenvalue weighted by atomic mass is 16.5. The zero-order chi connectivity index (χ0) is 14.5. The fourth-order valence-corrected chi connectivity index (χ4v) is 2.79. The van der Waals surface area contributed by atoms with Crippen LogP contribution in [0.1, 0.15) is 43.7 Å². The Morgan fingerprint density at radius 3 is 2.80 bits per heavy atom. The number of hydrogen-bond donors (Lipinski definition) is 1. The Morgan fingerprint density at radius 2 is 2.05 bits per heavy atom. The smallest absolute Gasteiger partial charge is 0.258 e. The minimum absolute atomic E-state index is 0.00958. The van der Waals surface area contributed by atoms with Crippen molar-refractivity contribution in [3.05, 3.63) is 29.3 Å². The summed E-state index contributed by atoms with van der Waals surface area (Å²) in [6.45, 7) is 6.34. The second kappa shape index (κ2) is 6.78. The molecule has 1 aromatic carbocycles. The summed E-state index contributed by atoms with van der Waals surface area (Å²) in [6.07, 6.45) is 4.80. The van der Waals surface area contributed by atoms with Gasteiger partial charge >= 0.3 is 0 Å². The molecule has 0 aromatic heterocycles. The quantitative estimate of drug-likeness (QED) is 0.915. The Balaban J connectivity index is 1.84. The molecule has 20 heavy (non-hydrogen) atoms. The molecule has 0 spiro atoms. The number of rotatable bonds is 4. The van der Waals surface area contributed by atoms with Gasteiger partial charge in [0, 0.05) is 6.04 Å². The van der Waals surface area contributed by atoms with Crippen molar-refractivity contribution in [1.29, 1.82) is 0 Å². The molecule has 1 saturated carbocycles. The van der Waals surface area contributed by atoms with Gasteiger partial charge in [0.2, 0.25) is 0 Å². The number of nitrogens with one attached hydrogen (secondary N) is 1. The van der Waals surface area contributed by atoms with Gasteiger partial charge in [-0.05, 0) is 49.8 Å². The first-order valence-corrected chi connectivity index (χ1v) is 7.55. The second-order valence-corrected chi connectivity index (χ2v) is 5.99. The molecule has 1 amide bonds. The van der Waals surface area contributed by atoms with Crippen LogP contribution in [0.25, 0.3) is 0 Å². The van der Waals surface area contributed by atoms with E-state index in [1.54, 1.807) is 0 Å². The lowest BCUT2D eigenvalue weighted by atomic mass is 9.86. The average molecular weight is 275 g/mol. The van der Waals surface area contributed by atoms with Gasteiger partial charge in [0.15, 0.2) is 6.61 Å². The molecular formula is C17H25NO2. The van der Waals surface area contributed by atoms with Crippen LogP contribution in [0.4, 0.5) is 0 Å². The lowest BCUT2D eigenvalue weighted by Gasteiger charge is -2.29. The van der Waals surface area contributed by atoms with E-state index < -0.39 is 0 Å². The predicted octanol–water partition coefficient (Wildman–Crippen LogP) is 3.38. The van der Waals surface area contributed by atoms with Crippen LogP contribution in [0.15, 0.2) is 18.2 Å². The van der Waals surface area contributed by atoms with Crippen molar-refractivity contribution in [2.45, 2.75) is 52.5 Å². The van der Waals surface area contributed by atoms with E-state index in [9.17, 15) is 4.79 Å². The summed E-state index contributed by atoms with van der Waals surface area (Å²) in [5, 5.41) is 3.11. The Kier molecular flexibility index (Phi) is 5.05. The summed E-state index contributed by atoms with van der Waals surface area (Å²) in [7, 11) is 0. The predicted molar refractivity (Wildman–Crippen MR) is 81.0 cm³/mol. The van der Waals surface area contributed by atoms with Gasteiger partial charge in [-0.1, -0.05) is 31.9 Å². The first-order chi connectivity index (χ1) is 9.56. The number of amides is 1. The van der Waals surface area contributed by atoms with Crippen LogP contribution in [-0.4, -0.2) is 18.6 Å². The molecule has 1 fully saturated rings. The summed E-state index contributed by atoms with van der Waals surface area (Å²) >= 11 is 0. The normalized spacial score (nSPS) is 22.4. The summed E-state index contributed by atoms with van der Waals surface area (Å²) in [4.78, 5) is 12.0. The lowest BCUT2D eigenvalue weighted by Crippen LogP contribution is -2.43.